The van der Waals surface area contributed by atoms with Crippen molar-refractivity contribution in [3.63, 3.8) is 0 Å². The van der Waals surface area contributed by atoms with Crippen LogP contribution < -0.4 is 5.32 Å². The molecule has 0 aromatic carbocycles. The number of Topliss-reactive ketones (excluding diaryl/α,β-unsaturated/α-hetero) is 1. The molecular formula is C11H29NOS. The monoisotopic (exact) mass is 223 g/mol. The van der Waals surface area contributed by atoms with Gasteiger partial charge in [0.2, 0.25) is 0 Å². The van der Waals surface area contributed by atoms with E-state index in [0.717, 1.165) is 6.42 Å². The van der Waals surface area contributed by atoms with Crippen molar-refractivity contribution in [2.45, 2.75) is 54.0 Å². The highest BCUT2D eigenvalue weighted by Gasteiger charge is 2.20. The average molecular weight is 223 g/mol. The van der Waals surface area contributed by atoms with Crippen molar-refractivity contribution in [1.29, 1.82) is 0 Å². The van der Waals surface area contributed by atoms with Crippen LogP contribution in [-0.4, -0.2) is 18.9 Å². The summed E-state index contributed by atoms with van der Waals surface area (Å²) in [4.78, 5) is 11.0. The molecule has 0 aromatic rings. The highest BCUT2D eigenvalue weighted by atomic mass is 32.1. The number of nitrogens with one attached hydrogen (secondary N) is 1. The van der Waals surface area contributed by atoms with Gasteiger partial charge in [0, 0.05) is 1.43 Å². The van der Waals surface area contributed by atoms with Crippen molar-refractivity contribution >= 4 is 19.3 Å². The highest BCUT2D eigenvalue weighted by Crippen LogP contribution is 2.20. The zero-order valence-electron chi connectivity index (χ0n) is 10.7. The number of hydrogen-bond donors (Lipinski definition) is 1. The third-order valence-corrected chi connectivity index (χ3v) is 1.66. The van der Waals surface area contributed by atoms with Crippen LogP contribution in [0.3, 0.4) is 0 Å². The molecule has 0 heterocycles. The van der Waals surface area contributed by atoms with Crippen molar-refractivity contribution in [2.75, 3.05) is 7.05 Å². The maximum atomic E-state index is 11.0. The number of ketones is 1. The predicted molar refractivity (Wildman–Crippen MR) is 71.4 cm³/mol. The topological polar surface area (TPSA) is 29.1 Å². The quantitative estimate of drug-likeness (QED) is 0.797. The summed E-state index contributed by atoms with van der Waals surface area (Å²) in [6, 6.07) is 0.0231. The van der Waals surface area contributed by atoms with Crippen molar-refractivity contribution in [3.05, 3.63) is 0 Å². The summed E-state index contributed by atoms with van der Waals surface area (Å²) in [7, 11) is 1.83. The Morgan fingerprint density at radius 1 is 1.36 bits per heavy atom. The van der Waals surface area contributed by atoms with Gasteiger partial charge in [0.05, 0.1) is 6.04 Å². The Balaban J connectivity index is -0.000000142. The van der Waals surface area contributed by atoms with Gasteiger partial charge in [0.25, 0.3) is 0 Å². The largest absolute Gasteiger partial charge is 0.311 e. The van der Waals surface area contributed by atoms with E-state index in [0.29, 0.717) is 0 Å². The molecule has 0 spiro atoms. The molecule has 1 atom stereocenters. The van der Waals surface area contributed by atoms with Crippen molar-refractivity contribution < 1.29 is 6.22 Å². The minimum absolute atomic E-state index is 0. The molecule has 14 heavy (non-hydrogen) atoms. The zero-order valence-corrected chi connectivity index (χ0v) is 11.7. The van der Waals surface area contributed by atoms with Crippen molar-refractivity contribution in [2.24, 2.45) is 5.41 Å². The van der Waals surface area contributed by atoms with E-state index in [4.69, 9.17) is 0 Å². The standard InChI is InChI=1S/C9H19NO.C2H6.H2S.H2/c1-7(11)8(10-5)6-9(2,3)4;1-2;;/h8,10H,6H2,1-5H3;1-2H3;1H2;1H. The van der Waals surface area contributed by atoms with Gasteiger partial charge in [-0.3, -0.25) is 4.79 Å². The van der Waals surface area contributed by atoms with Gasteiger partial charge in [0.15, 0.2) is 0 Å². The first-order chi connectivity index (χ1) is 5.87. The van der Waals surface area contributed by atoms with Gasteiger partial charge in [-0.05, 0) is 25.8 Å². The summed E-state index contributed by atoms with van der Waals surface area (Å²) in [6.45, 7) is 12.0. The molecule has 2 nitrogen and oxygen atoms in total. The maximum absolute atomic E-state index is 11.0. The number of rotatable bonds is 3. The molecule has 0 rings (SSSR count). The Kier molecular flexibility index (Phi) is 13.3. The molecule has 0 saturated heterocycles. The molecular weight excluding hydrogens is 194 g/mol. The van der Waals surface area contributed by atoms with E-state index in [1.54, 1.807) is 6.92 Å². The third-order valence-electron chi connectivity index (χ3n) is 1.66. The van der Waals surface area contributed by atoms with Gasteiger partial charge in [-0.1, -0.05) is 34.6 Å². The summed E-state index contributed by atoms with van der Waals surface area (Å²) >= 11 is 0. The molecule has 0 aromatic heterocycles. The number of carbonyl (C=O) groups is 1. The second-order valence-electron chi connectivity index (χ2n) is 4.22. The van der Waals surface area contributed by atoms with Crippen molar-refractivity contribution in [3.8, 4) is 0 Å². The lowest BCUT2D eigenvalue weighted by atomic mass is 9.87. The van der Waals surface area contributed by atoms with Gasteiger partial charge in [0.1, 0.15) is 5.78 Å². The molecule has 0 aliphatic heterocycles. The second-order valence-corrected chi connectivity index (χ2v) is 4.22. The van der Waals surface area contributed by atoms with E-state index in [1.165, 1.54) is 0 Å². The SMILES string of the molecule is CC.CNC(CC(C)(C)C)C(C)=O.S.[HH]. The van der Waals surface area contributed by atoms with Gasteiger partial charge < -0.3 is 5.32 Å². The van der Waals surface area contributed by atoms with Crippen LogP contribution in [0.25, 0.3) is 0 Å². The van der Waals surface area contributed by atoms with Crippen LogP contribution in [0.1, 0.15) is 49.4 Å². The van der Waals surface area contributed by atoms with Gasteiger partial charge >= 0.3 is 0 Å². The van der Waals surface area contributed by atoms with E-state index in [9.17, 15) is 4.79 Å². The summed E-state index contributed by atoms with van der Waals surface area (Å²) in [5, 5.41) is 3.01. The molecule has 0 aliphatic rings. The fourth-order valence-electron chi connectivity index (χ4n) is 1.06. The summed E-state index contributed by atoms with van der Waals surface area (Å²) in [6.07, 6.45) is 0.902. The molecule has 1 N–H and O–H groups in total. The minimum atomic E-state index is 0. The fourth-order valence-corrected chi connectivity index (χ4v) is 1.06. The summed E-state index contributed by atoms with van der Waals surface area (Å²) in [5.41, 5.74) is 0.222. The lowest BCUT2D eigenvalue weighted by Crippen LogP contribution is -2.35. The fraction of sp³-hybridized carbons (Fsp3) is 0.909. The molecule has 90 valence electrons. The van der Waals surface area contributed by atoms with E-state index in [2.05, 4.69) is 26.1 Å². The molecule has 3 heteroatoms. The van der Waals surface area contributed by atoms with Crippen LogP contribution in [0.5, 0.6) is 0 Å². The molecule has 1 unspecified atom stereocenters. The molecule has 0 fully saturated rings. The van der Waals surface area contributed by atoms with Crippen LogP contribution in [0.4, 0.5) is 0 Å². The van der Waals surface area contributed by atoms with Gasteiger partial charge in [-0.25, -0.2) is 0 Å². The Bertz CT molecular complexity index is 146. The third kappa shape index (κ3) is 12.0. The minimum Gasteiger partial charge on any atom is -0.311 e. The number of likely N-dealkylation sites (N-methyl/N-ethyl adjacent to an activating group) is 1. The predicted octanol–water partition coefficient (Wildman–Crippen LogP) is 2.98. The molecule has 0 saturated carbocycles. The zero-order chi connectivity index (χ0) is 11.1. The molecule has 0 radical (unpaired) electrons. The first-order valence-electron chi connectivity index (χ1n) is 5.04. The Labute approximate surface area is 97.8 Å². The smallest absolute Gasteiger partial charge is 0.146 e. The van der Waals surface area contributed by atoms with Crippen LogP contribution in [0.2, 0.25) is 0 Å². The van der Waals surface area contributed by atoms with Gasteiger partial charge in [-0.15, -0.1) is 0 Å². The average Bonchev–Trinajstić information content (AvgIpc) is 2.02. The number of hydrogen-bond acceptors (Lipinski definition) is 2. The Morgan fingerprint density at radius 2 is 1.71 bits per heavy atom. The second kappa shape index (κ2) is 9.53. The van der Waals surface area contributed by atoms with Gasteiger partial charge in [-0.2, -0.15) is 13.5 Å². The van der Waals surface area contributed by atoms with Crippen LogP contribution in [0.15, 0.2) is 0 Å². The molecule has 0 amide bonds. The first-order valence-corrected chi connectivity index (χ1v) is 5.04. The number of carbonyl (C=O) groups excluding carboxylic acids is 1. The molecule has 0 bridgehead atoms. The van der Waals surface area contributed by atoms with Crippen LogP contribution in [-0.2, 0) is 4.79 Å². The van der Waals surface area contributed by atoms with Crippen LogP contribution in [0, 0.1) is 5.41 Å². The normalized spacial score (nSPS) is 11.9. The first kappa shape index (κ1) is 19.5. The maximum Gasteiger partial charge on any atom is 0.146 e. The van der Waals surface area contributed by atoms with E-state index in [-0.39, 0.29) is 32.2 Å². The highest BCUT2D eigenvalue weighted by molar-refractivity contribution is 7.59. The van der Waals surface area contributed by atoms with E-state index < -0.39 is 0 Å². The Morgan fingerprint density at radius 3 is 1.79 bits per heavy atom. The summed E-state index contributed by atoms with van der Waals surface area (Å²) in [5.74, 6) is 0.224. The van der Waals surface area contributed by atoms with Crippen molar-refractivity contribution in [1.82, 2.24) is 5.32 Å². The summed E-state index contributed by atoms with van der Waals surface area (Å²) < 4.78 is 0. The Hall–Kier alpha value is -0.0200. The van der Waals surface area contributed by atoms with Crippen LogP contribution >= 0.6 is 13.5 Å². The lowest BCUT2D eigenvalue weighted by molar-refractivity contribution is -0.119. The molecule has 0 aliphatic carbocycles. The van der Waals surface area contributed by atoms with E-state index in [1.807, 2.05) is 20.9 Å². The van der Waals surface area contributed by atoms with E-state index >= 15 is 0 Å². The lowest BCUT2D eigenvalue weighted by Gasteiger charge is -2.23.